The quantitative estimate of drug-likeness (QED) is 0.142. The zero-order valence-corrected chi connectivity index (χ0v) is 17.8. The van der Waals surface area contributed by atoms with Crippen molar-refractivity contribution in [1.29, 1.82) is 0 Å². The van der Waals surface area contributed by atoms with Crippen LogP contribution in [-0.2, 0) is 10.1 Å². The number of hydrogen-bond acceptors (Lipinski definition) is 5. The number of rotatable bonds is 0. The van der Waals surface area contributed by atoms with Gasteiger partial charge in [0.15, 0.2) is 11.5 Å². The molecule has 0 saturated carbocycles. The van der Waals surface area contributed by atoms with Gasteiger partial charge < -0.3 is 8.92 Å². The third-order valence-electron chi connectivity index (χ3n) is 2.85. The molecule has 114 valence electrons. The molecule has 1 aliphatic heterocycles. The number of hydrogen-bond donors (Lipinski definition) is 0. The lowest BCUT2D eigenvalue weighted by Crippen LogP contribution is -2.22. The molecule has 2 aromatic rings. The average molecular weight is 654 g/mol. The van der Waals surface area contributed by atoms with Gasteiger partial charge in [-0.25, -0.2) is 4.79 Å². The zero-order chi connectivity index (χ0) is 16.1. The van der Waals surface area contributed by atoms with Gasteiger partial charge in [-0.2, -0.15) is 8.42 Å². The first-order valence-corrected chi connectivity index (χ1v) is 10.4. The summed E-state index contributed by atoms with van der Waals surface area (Å²) >= 11 is 6.03. The van der Waals surface area contributed by atoms with E-state index in [1.165, 1.54) is 18.2 Å². The third-order valence-corrected chi connectivity index (χ3v) is 7.89. The second-order valence-corrected chi connectivity index (χ2v) is 9.15. The summed E-state index contributed by atoms with van der Waals surface area (Å²) in [5.41, 5.74) is -0.0437. The summed E-state index contributed by atoms with van der Waals surface area (Å²) in [6.07, 6.45) is 0. The van der Waals surface area contributed by atoms with E-state index in [-0.39, 0.29) is 22.0 Å². The van der Waals surface area contributed by atoms with Crippen molar-refractivity contribution in [1.82, 2.24) is 0 Å². The Bertz CT molecular complexity index is 908. The maximum Gasteiger partial charge on any atom is 0.345 e. The molecular weight excluding hydrogens is 649 g/mol. The number of carbonyl (C=O) groups excluding carboxylic acids is 1. The van der Waals surface area contributed by atoms with Crippen molar-refractivity contribution in [3.05, 3.63) is 46.6 Å². The molecular formula is C13H5I3O5S. The van der Waals surface area contributed by atoms with Gasteiger partial charge in [-0.05, 0) is 86.0 Å². The number of ether oxygens (including phenoxy) is 1. The minimum absolute atomic E-state index is 0.0354. The summed E-state index contributed by atoms with van der Waals surface area (Å²) in [5.74, 6) is -0.562. The van der Waals surface area contributed by atoms with Crippen LogP contribution in [0.3, 0.4) is 0 Å². The molecule has 0 bridgehead atoms. The highest BCUT2D eigenvalue weighted by molar-refractivity contribution is 14.1. The Balaban J connectivity index is 2.33. The Morgan fingerprint density at radius 2 is 1.64 bits per heavy atom. The second-order valence-electron chi connectivity index (χ2n) is 4.24. The lowest BCUT2D eigenvalue weighted by Gasteiger charge is -2.19. The molecule has 0 N–H and O–H groups in total. The van der Waals surface area contributed by atoms with E-state index in [0.29, 0.717) is 7.14 Å². The van der Waals surface area contributed by atoms with Gasteiger partial charge in [0, 0.05) is 3.57 Å². The maximum atomic E-state index is 12.5. The third kappa shape index (κ3) is 2.84. The Morgan fingerprint density at radius 3 is 2.36 bits per heavy atom. The fraction of sp³-hybridized carbons (Fsp3) is 0. The molecule has 5 nitrogen and oxygen atoms in total. The van der Waals surface area contributed by atoms with E-state index in [4.69, 9.17) is 8.92 Å². The number of benzene rings is 2. The lowest BCUT2D eigenvalue weighted by atomic mass is 10.2. The van der Waals surface area contributed by atoms with E-state index in [2.05, 4.69) is 22.6 Å². The molecule has 0 fully saturated rings. The molecule has 3 rings (SSSR count). The van der Waals surface area contributed by atoms with Crippen LogP contribution in [0.2, 0.25) is 0 Å². The smallest absolute Gasteiger partial charge is 0.345 e. The summed E-state index contributed by atoms with van der Waals surface area (Å²) in [6.45, 7) is 0. The Labute approximate surface area is 167 Å². The summed E-state index contributed by atoms with van der Waals surface area (Å²) in [6, 6.07) is 7.58. The van der Waals surface area contributed by atoms with Gasteiger partial charge in [-0.3, -0.25) is 0 Å². The van der Waals surface area contributed by atoms with Crippen LogP contribution in [0.1, 0.15) is 10.4 Å². The second kappa shape index (κ2) is 6.05. The Hall–Kier alpha value is -0.150. The number of fused-ring (bicyclic) bond motifs is 2. The molecule has 1 heterocycles. The van der Waals surface area contributed by atoms with Gasteiger partial charge in [0.1, 0.15) is 4.90 Å². The normalized spacial score (nSPS) is 15.7. The molecule has 0 atom stereocenters. The largest absolute Gasteiger partial charge is 0.418 e. The molecule has 0 spiro atoms. The topological polar surface area (TPSA) is 69.7 Å². The maximum absolute atomic E-state index is 12.5. The van der Waals surface area contributed by atoms with E-state index in [0.717, 1.165) is 3.57 Å². The highest BCUT2D eigenvalue weighted by atomic mass is 127. The van der Waals surface area contributed by atoms with Crippen molar-refractivity contribution in [3.63, 3.8) is 0 Å². The highest BCUT2D eigenvalue weighted by Crippen LogP contribution is 2.42. The number of esters is 1. The van der Waals surface area contributed by atoms with Crippen LogP contribution in [0.25, 0.3) is 0 Å². The van der Waals surface area contributed by atoms with E-state index in [1.54, 1.807) is 12.1 Å². The summed E-state index contributed by atoms with van der Waals surface area (Å²) in [7, 11) is -4.11. The lowest BCUT2D eigenvalue weighted by molar-refractivity contribution is 0.0723. The van der Waals surface area contributed by atoms with Crippen molar-refractivity contribution < 1.29 is 22.1 Å². The van der Waals surface area contributed by atoms with Crippen molar-refractivity contribution in [3.8, 4) is 11.5 Å². The average Bonchev–Trinajstić information content (AvgIpc) is 2.47. The van der Waals surface area contributed by atoms with Crippen LogP contribution in [0, 0.1) is 10.7 Å². The summed E-state index contributed by atoms with van der Waals surface area (Å²) in [5, 5.41) is 0. The van der Waals surface area contributed by atoms with Gasteiger partial charge in [0.05, 0.1) is 12.7 Å². The summed E-state index contributed by atoms with van der Waals surface area (Å²) < 4.78 is 37.6. The van der Waals surface area contributed by atoms with Crippen LogP contribution in [-0.4, -0.2) is 14.4 Å². The van der Waals surface area contributed by atoms with Gasteiger partial charge in [0.25, 0.3) is 0 Å². The van der Waals surface area contributed by atoms with E-state index >= 15 is 0 Å². The van der Waals surface area contributed by atoms with Crippen LogP contribution >= 0.6 is 67.8 Å². The zero-order valence-electron chi connectivity index (χ0n) is 10.5. The molecule has 0 unspecified atom stereocenters. The number of halogens is 3. The molecule has 0 saturated heterocycles. The first-order valence-electron chi connectivity index (χ1n) is 5.74. The molecule has 0 amide bonds. The molecule has 0 aliphatic carbocycles. The van der Waals surface area contributed by atoms with Crippen LogP contribution in [0.4, 0.5) is 0 Å². The monoisotopic (exact) mass is 654 g/mol. The van der Waals surface area contributed by atoms with Crippen molar-refractivity contribution in [2.45, 2.75) is 4.90 Å². The first kappa shape index (κ1) is 16.7. The first-order chi connectivity index (χ1) is 10.3. The van der Waals surface area contributed by atoms with Crippen molar-refractivity contribution >= 4 is 83.9 Å². The van der Waals surface area contributed by atoms with E-state index in [9.17, 15) is 13.2 Å². The van der Waals surface area contributed by atoms with E-state index in [1.807, 2.05) is 45.2 Å². The van der Waals surface area contributed by atoms with Crippen LogP contribution in [0.5, 0.6) is 11.5 Å². The summed E-state index contributed by atoms with van der Waals surface area (Å²) in [4.78, 5) is 12.1. The van der Waals surface area contributed by atoms with Crippen molar-refractivity contribution in [2.24, 2.45) is 0 Å². The van der Waals surface area contributed by atoms with Crippen molar-refractivity contribution in [2.75, 3.05) is 0 Å². The molecule has 0 aromatic heterocycles. The fourth-order valence-electron chi connectivity index (χ4n) is 1.88. The molecule has 9 heteroatoms. The van der Waals surface area contributed by atoms with Gasteiger partial charge in [-0.15, -0.1) is 0 Å². The van der Waals surface area contributed by atoms with E-state index < -0.39 is 16.1 Å². The molecule has 22 heavy (non-hydrogen) atoms. The van der Waals surface area contributed by atoms with Gasteiger partial charge in [-0.1, -0.05) is 12.1 Å². The molecule has 2 aromatic carbocycles. The number of carbonyl (C=O) groups is 1. The van der Waals surface area contributed by atoms with Crippen LogP contribution < -0.4 is 8.92 Å². The molecule has 1 aliphatic rings. The SMILES string of the molecule is O=C1Oc2c(I)c(I)cc(I)c2OS(=O)(=O)c2ccccc21. The predicted molar refractivity (Wildman–Crippen MR) is 104 cm³/mol. The minimum atomic E-state index is -4.11. The Kier molecular flexibility index (Phi) is 4.59. The standard InChI is InChI=1S/C13H5I3O5S/c14-7-5-8(15)11-12(10(7)16)20-13(17)6-3-1-2-4-9(6)22(18,19)21-11/h1-5H. The Morgan fingerprint density at radius 1 is 0.955 bits per heavy atom. The predicted octanol–water partition coefficient (Wildman–Crippen LogP) is 3.80. The molecule has 0 radical (unpaired) electrons. The van der Waals surface area contributed by atoms with Gasteiger partial charge >= 0.3 is 16.1 Å². The highest BCUT2D eigenvalue weighted by Gasteiger charge is 2.32. The minimum Gasteiger partial charge on any atom is -0.418 e. The van der Waals surface area contributed by atoms with Gasteiger partial charge in [0.2, 0.25) is 0 Å². The fourth-order valence-corrected chi connectivity index (χ4v) is 5.50. The van der Waals surface area contributed by atoms with Crippen LogP contribution in [0.15, 0.2) is 35.2 Å².